The molecule has 0 aliphatic carbocycles. The Morgan fingerprint density at radius 1 is 1.08 bits per heavy atom. The van der Waals surface area contributed by atoms with Crippen molar-refractivity contribution in [1.82, 2.24) is 24.5 Å². The Hall–Kier alpha value is -3.48. The van der Waals surface area contributed by atoms with Gasteiger partial charge >= 0.3 is 5.97 Å². The molecule has 124 valence electrons. The van der Waals surface area contributed by atoms with Crippen LogP contribution < -0.4 is 0 Å². The summed E-state index contributed by atoms with van der Waals surface area (Å²) in [6.07, 6.45) is 3.65. The third-order valence-electron chi connectivity index (χ3n) is 3.96. The Balaban J connectivity index is 1.52. The van der Waals surface area contributed by atoms with E-state index >= 15 is 0 Å². The van der Waals surface area contributed by atoms with Gasteiger partial charge in [0.2, 0.25) is 0 Å². The molecule has 0 aliphatic heterocycles. The van der Waals surface area contributed by atoms with Crippen molar-refractivity contribution in [1.29, 1.82) is 0 Å². The maximum atomic E-state index is 11.1. The van der Waals surface area contributed by atoms with E-state index in [0.29, 0.717) is 13.1 Å². The first-order chi connectivity index (χ1) is 12.2. The maximum absolute atomic E-state index is 11.1. The van der Waals surface area contributed by atoms with Gasteiger partial charge in [-0.05, 0) is 29.8 Å². The third kappa shape index (κ3) is 3.12. The molecule has 0 unspecified atom stereocenters. The van der Waals surface area contributed by atoms with Crippen LogP contribution in [0.5, 0.6) is 0 Å². The predicted octanol–water partition coefficient (Wildman–Crippen LogP) is 2.42. The lowest BCUT2D eigenvalue weighted by Crippen LogP contribution is -2.03. The van der Waals surface area contributed by atoms with Crippen LogP contribution in [0, 0.1) is 0 Å². The number of rotatable bonds is 5. The molecule has 4 aromatic rings. The van der Waals surface area contributed by atoms with Gasteiger partial charge in [0.25, 0.3) is 0 Å². The van der Waals surface area contributed by atoms with Crippen molar-refractivity contribution < 1.29 is 9.90 Å². The number of nitrogens with zero attached hydrogens (tertiary/aromatic N) is 5. The topological polar surface area (TPSA) is 85.8 Å². The van der Waals surface area contributed by atoms with Gasteiger partial charge in [0.1, 0.15) is 5.69 Å². The lowest BCUT2D eigenvalue weighted by Gasteiger charge is -2.02. The quantitative estimate of drug-likeness (QED) is 0.606. The molecule has 0 radical (unpaired) electrons. The third-order valence-corrected chi connectivity index (χ3v) is 3.96. The molecular weight excluding hydrogens is 318 g/mol. The second-order valence-electron chi connectivity index (χ2n) is 5.77. The Morgan fingerprint density at radius 3 is 2.84 bits per heavy atom. The van der Waals surface area contributed by atoms with Crippen molar-refractivity contribution in [2.24, 2.45) is 0 Å². The van der Waals surface area contributed by atoms with Crippen molar-refractivity contribution in [3.05, 3.63) is 77.9 Å². The van der Waals surface area contributed by atoms with Crippen molar-refractivity contribution in [2.75, 3.05) is 0 Å². The number of carboxylic acid groups (broad SMARTS) is 1. The van der Waals surface area contributed by atoms with Crippen LogP contribution in [0.2, 0.25) is 0 Å². The molecule has 1 N–H and O–H groups in total. The fourth-order valence-electron chi connectivity index (χ4n) is 2.79. The van der Waals surface area contributed by atoms with E-state index in [1.54, 1.807) is 29.2 Å². The van der Waals surface area contributed by atoms with Crippen molar-refractivity contribution in [3.63, 3.8) is 0 Å². The summed E-state index contributed by atoms with van der Waals surface area (Å²) in [6.45, 7) is 1.05. The lowest BCUT2D eigenvalue weighted by atomic mass is 10.1. The van der Waals surface area contributed by atoms with E-state index < -0.39 is 5.97 Å². The molecule has 0 spiro atoms. The van der Waals surface area contributed by atoms with Crippen LogP contribution in [0.4, 0.5) is 0 Å². The molecule has 0 bridgehead atoms. The van der Waals surface area contributed by atoms with E-state index in [1.807, 2.05) is 41.1 Å². The van der Waals surface area contributed by atoms with Crippen molar-refractivity contribution in [2.45, 2.75) is 13.1 Å². The van der Waals surface area contributed by atoms with Crippen LogP contribution in [0.1, 0.15) is 21.6 Å². The van der Waals surface area contributed by atoms with Gasteiger partial charge in [0.05, 0.1) is 42.2 Å². The summed E-state index contributed by atoms with van der Waals surface area (Å²) >= 11 is 0. The predicted molar refractivity (Wildman–Crippen MR) is 91.4 cm³/mol. The summed E-state index contributed by atoms with van der Waals surface area (Å²) in [5, 5.41) is 17.4. The van der Waals surface area contributed by atoms with E-state index in [9.17, 15) is 4.79 Å². The van der Waals surface area contributed by atoms with Gasteiger partial charge in [-0.15, -0.1) is 5.10 Å². The highest BCUT2D eigenvalue weighted by Gasteiger charge is 2.07. The van der Waals surface area contributed by atoms with Gasteiger partial charge in [-0.25, -0.2) is 14.5 Å². The van der Waals surface area contributed by atoms with E-state index in [2.05, 4.69) is 15.3 Å². The molecule has 0 saturated carbocycles. The van der Waals surface area contributed by atoms with Crippen molar-refractivity contribution in [3.8, 4) is 0 Å². The minimum Gasteiger partial charge on any atom is -0.478 e. The summed E-state index contributed by atoms with van der Waals surface area (Å²) in [6, 6.07) is 14.7. The highest BCUT2D eigenvalue weighted by Crippen LogP contribution is 2.13. The van der Waals surface area contributed by atoms with E-state index in [0.717, 1.165) is 22.3 Å². The highest BCUT2D eigenvalue weighted by atomic mass is 16.4. The summed E-state index contributed by atoms with van der Waals surface area (Å²) < 4.78 is 3.73. The number of hydrogen-bond donors (Lipinski definition) is 1. The van der Waals surface area contributed by atoms with Crippen LogP contribution in [-0.2, 0) is 13.1 Å². The number of benzene rings is 2. The van der Waals surface area contributed by atoms with Crippen LogP contribution in [0.3, 0.4) is 0 Å². The molecule has 25 heavy (non-hydrogen) atoms. The minimum atomic E-state index is -0.937. The van der Waals surface area contributed by atoms with Crippen LogP contribution >= 0.6 is 0 Å². The molecule has 7 nitrogen and oxygen atoms in total. The van der Waals surface area contributed by atoms with E-state index in [-0.39, 0.29) is 5.56 Å². The Morgan fingerprint density at radius 2 is 1.96 bits per heavy atom. The number of aromatic carboxylic acids is 1. The fraction of sp³-hybridized carbons (Fsp3) is 0.111. The first-order valence-electron chi connectivity index (χ1n) is 7.80. The molecule has 2 aromatic carbocycles. The zero-order valence-electron chi connectivity index (χ0n) is 13.3. The number of aromatic nitrogens is 5. The molecule has 0 amide bonds. The second kappa shape index (κ2) is 6.20. The number of imidazole rings is 1. The monoisotopic (exact) mass is 333 g/mol. The molecule has 0 atom stereocenters. The first-order valence-corrected chi connectivity index (χ1v) is 7.80. The average Bonchev–Trinajstić information content (AvgIpc) is 3.23. The normalized spacial score (nSPS) is 11.0. The number of carbonyl (C=O) groups is 1. The standard InChI is InChI=1S/C18H15N5O2/c24-18(25)14-5-3-4-13(8-14)9-23-11-15(20-21-23)10-22-12-19-16-6-1-2-7-17(16)22/h1-8,11-12H,9-10H2,(H,24,25). The van der Waals surface area contributed by atoms with E-state index in [4.69, 9.17) is 5.11 Å². The average molecular weight is 333 g/mol. The van der Waals surface area contributed by atoms with Gasteiger partial charge < -0.3 is 9.67 Å². The van der Waals surface area contributed by atoms with Gasteiger partial charge in [-0.1, -0.05) is 29.5 Å². The van der Waals surface area contributed by atoms with Gasteiger partial charge in [-0.3, -0.25) is 0 Å². The van der Waals surface area contributed by atoms with Crippen molar-refractivity contribution >= 4 is 17.0 Å². The molecule has 0 fully saturated rings. The van der Waals surface area contributed by atoms with E-state index in [1.165, 1.54) is 0 Å². The molecule has 4 rings (SSSR count). The maximum Gasteiger partial charge on any atom is 0.335 e. The SMILES string of the molecule is O=C(O)c1cccc(Cn2cc(Cn3cnc4ccccc43)nn2)c1. The number of fused-ring (bicyclic) bond motifs is 1. The minimum absolute atomic E-state index is 0.266. The van der Waals surface area contributed by atoms with Crippen LogP contribution in [0.25, 0.3) is 11.0 Å². The molecule has 7 heteroatoms. The molecule has 2 heterocycles. The summed E-state index contributed by atoms with van der Waals surface area (Å²) in [5.41, 5.74) is 3.94. The van der Waals surface area contributed by atoms with Crippen LogP contribution in [-0.4, -0.2) is 35.6 Å². The molecule has 2 aromatic heterocycles. The second-order valence-corrected chi connectivity index (χ2v) is 5.77. The fourth-order valence-corrected chi connectivity index (χ4v) is 2.79. The zero-order chi connectivity index (χ0) is 17.2. The molecular formula is C18H15N5O2. The first kappa shape index (κ1) is 15.1. The highest BCUT2D eigenvalue weighted by molar-refractivity contribution is 5.87. The number of para-hydroxylation sites is 2. The van der Waals surface area contributed by atoms with Gasteiger partial charge in [0.15, 0.2) is 0 Å². The Kier molecular flexibility index (Phi) is 3.74. The lowest BCUT2D eigenvalue weighted by molar-refractivity contribution is 0.0696. The molecule has 0 aliphatic rings. The van der Waals surface area contributed by atoms with Crippen LogP contribution in [0.15, 0.2) is 61.1 Å². The Bertz CT molecular complexity index is 1050. The zero-order valence-corrected chi connectivity index (χ0v) is 13.3. The summed E-state index contributed by atoms with van der Waals surface area (Å²) in [5.74, 6) is -0.937. The number of hydrogen-bond acceptors (Lipinski definition) is 4. The number of carboxylic acids is 1. The smallest absolute Gasteiger partial charge is 0.335 e. The Labute approximate surface area is 143 Å². The summed E-state index contributed by atoms with van der Waals surface area (Å²) in [4.78, 5) is 15.4. The van der Waals surface area contributed by atoms with Gasteiger partial charge in [-0.2, -0.15) is 0 Å². The summed E-state index contributed by atoms with van der Waals surface area (Å²) in [7, 11) is 0. The van der Waals surface area contributed by atoms with Gasteiger partial charge in [0, 0.05) is 0 Å². The largest absolute Gasteiger partial charge is 0.478 e. The molecule has 0 saturated heterocycles.